The predicted molar refractivity (Wildman–Crippen MR) is 46.0 cm³/mol. The number of Topliss-reactive ketones (excluding diaryl/α,β-unsaturated/α-hetero) is 1. The van der Waals surface area contributed by atoms with Crippen LogP contribution in [0.3, 0.4) is 0 Å². The normalized spacial score (nSPS) is 39.6. The molecule has 0 amide bonds. The first-order chi connectivity index (χ1) is 6.16. The molecule has 3 nitrogen and oxygen atoms in total. The first-order valence-corrected chi connectivity index (χ1v) is 4.90. The lowest BCUT2D eigenvalue weighted by Crippen LogP contribution is -2.24. The molecule has 72 valence electrons. The van der Waals surface area contributed by atoms with Gasteiger partial charge in [-0.25, -0.2) is 0 Å². The summed E-state index contributed by atoms with van der Waals surface area (Å²) in [6.45, 7) is 2.08. The number of carbonyl (C=O) groups is 2. The number of esters is 1. The molecule has 2 aliphatic rings. The highest BCUT2D eigenvalue weighted by atomic mass is 16.5. The van der Waals surface area contributed by atoms with Gasteiger partial charge in [0.2, 0.25) is 0 Å². The number of ketones is 1. The van der Waals surface area contributed by atoms with Crippen LogP contribution in [0, 0.1) is 11.8 Å². The van der Waals surface area contributed by atoms with Gasteiger partial charge in [0.1, 0.15) is 0 Å². The Morgan fingerprint density at radius 1 is 1.31 bits per heavy atom. The molecule has 0 radical (unpaired) electrons. The summed E-state index contributed by atoms with van der Waals surface area (Å²) in [5.41, 5.74) is 0. The van der Waals surface area contributed by atoms with Crippen LogP contribution in [-0.2, 0) is 14.3 Å². The van der Waals surface area contributed by atoms with E-state index in [1.165, 1.54) is 0 Å². The topological polar surface area (TPSA) is 43.4 Å². The zero-order chi connectivity index (χ0) is 9.42. The highest BCUT2D eigenvalue weighted by Gasteiger charge is 2.37. The number of rotatable bonds is 0. The third kappa shape index (κ3) is 1.60. The van der Waals surface area contributed by atoms with Gasteiger partial charge in [-0.1, -0.05) is 6.92 Å². The van der Waals surface area contributed by atoms with E-state index < -0.39 is 6.10 Å². The number of carbonyl (C=O) groups excluding carboxylic acids is 2. The second-order valence-corrected chi connectivity index (χ2v) is 4.20. The average molecular weight is 182 g/mol. The Morgan fingerprint density at radius 3 is 2.85 bits per heavy atom. The molecule has 3 atom stereocenters. The van der Waals surface area contributed by atoms with Gasteiger partial charge in [0, 0.05) is 6.42 Å². The number of fused-ring (bicyclic) bond motifs is 3. The van der Waals surface area contributed by atoms with E-state index in [1.54, 1.807) is 0 Å². The Balaban J connectivity index is 2.25. The van der Waals surface area contributed by atoms with E-state index in [4.69, 9.17) is 4.74 Å². The number of hydrogen-bond acceptors (Lipinski definition) is 3. The van der Waals surface area contributed by atoms with Crippen molar-refractivity contribution in [1.82, 2.24) is 0 Å². The zero-order valence-electron chi connectivity index (χ0n) is 7.79. The molecule has 2 fully saturated rings. The van der Waals surface area contributed by atoms with Crippen LogP contribution < -0.4 is 0 Å². The molecule has 0 aromatic carbocycles. The van der Waals surface area contributed by atoms with E-state index in [2.05, 4.69) is 6.92 Å². The van der Waals surface area contributed by atoms with Gasteiger partial charge in [0.15, 0.2) is 11.9 Å². The summed E-state index contributed by atoms with van der Waals surface area (Å²) in [5, 5.41) is 0. The molecule has 13 heavy (non-hydrogen) atoms. The van der Waals surface area contributed by atoms with Crippen molar-refractivity contribution in [3.8, 4) is 0 Å². The van der Waals surface area contributed by atoms with Crippen LogP contribution in [0.15, 0.2) is 0 Å². The van der Waals surface area contributed by atoms with Gasteiger partial charge < -0.3 is 4.74 Å². The molecular formula is C10H14O3. The van der Waals surface area contributed by atoms with Crippen molar-refractivity contribution in [2.75, 3.05) is 0 Å². The fraction of sp³-hybridized carbons (Fsp3) is 0.800. The summed E-state index contributed by atoms with van der Waals surface area (Å²) >= 11 is 0. The van der Waals surface area contributed by atoms with Crippen LogP contribution in [0.4, 0.5) is 0 Å². The molecule has 0 saturated carbocycles. The minimum Gasteiger partial charge on any atom is -0.454 e. The van der Waals surface area contributed by atoms with E-state index >= 15 is 0 Å². The summed E-state index contributed by atoms with van der Waals surface area (Å²) in [4.78, 5) is 22.9. The quantitative estimate of drug-likeness (QED) is 0.530. The lowest BCUT2D eigenvalue weighted by molar-refractivity contribution is -0.154. The SMILES string of the molecule is C[C@H]1C[C@@H]2CCC(=O)[C@H](C1)OC2=O. The van der Waals surface area contributed by atoms with Crippen LogP contribution in [0.5, 0.6) is 0 Å². The molecule has 2 bridgehead atoms. The molecule has 0 N–H and O–H groups in total. The Bertz CT molecular complexity index is 247. The maximum atomic E-state index is 11.4. The highest BCUT2D eigenvalue weighted by molar-refractivity contribution is 5.88. The summed E-state index contributed by atoms with van der Waals surface area (Å²) in [7, 11) is 0. The van der Waals surface area contributed by atoms with Gasteiger partial charge >= 0.3 is 5.97 Å². The van der Waals surface area contributed by atoms with Crippen molar-refractivity contribution >= 4 is 11.8 Å². The molecule has 0 spiro atoms. The molecule has 0 aromatic rings. The van der Waals surface area contributed by atoms with Crippen molar-refractivity contribution in [3.63, 3.8) is 0 Å². The molecule has 3 heteroatoms. The van der Waals surface area contributed by atoms with Crippen LogP contribution in [0.1, 0.15) is 32.6 Å². The van der Waals surface area contributed by atoms with Gasteiger partial charge in [-0.3, -0.25) is 9.59 Å². The van der Waals surface area contributed by atoms with Crippen LogP contribution in [0.25, 0.3) is 0 Å². The molecule has 0 aromatic heterocycles. The molecular weight excluding hydrogens is 168 g/mol. The zero-order valence-corrected chi connectivity index (χ0v) is 7.79. The Labute approximate surface area is 77.4 Å². The summed E-state index contributed by atoms with van der Waals surface area (Å²) in [6.07, 6.45) is 2.39. The van der Waals surface area contributed by atoms with Gasteiger partial charge in [0.25, 0.3) is 0 Å². The molecule has 0 aliphatic carbocycles. The third-order valence-corrected chi connectivity index (χ3v) is 2.99. The Hall–Kier alpha value is -0.860. The molecule has 0 unspecified atom stereocenters. The van der Waals surface area contributed by atoms with Gasteiger partial charge in [-0.2, -0.15) is 0 Å². The van der Waals surface area contributed by atoms with Crippen LogP contribution >= 0.6 is 0 Å². The van der Waals surface area contributed by atoms with Gasteiger partial charge in [0.05, 0.1) is 5.92 Å². The van der Waals surface area contributed by atoms with Crippen molar-refractivity contribution in [2.24, 2.45) is 11.8 Å². The monoisotopic (exact) mass is 182 g/mol. The largest absolute Gasteiger partial charge is 0.454 e. The fourth-order valence-corrected chi connectivity index (χ4v) is 2.24. The molecule has 2 heterocycles. The molecule has 2 rings (SSSR count). The summed E-state index contributed by atoms with van der Waals surface area (Å²) in [6, 6.07) is 0. The van der Waals surface area contributed by atoms with E-state index in [0.717, 1.165) is 12.8 Å². The van der Waals surface area contributed by atoms with Crippen molar-refractivity contribution in [3.05, 3.63) is 0 Å². The van der Waals surface area contributed by atoms with Gasteiger partial charge in [-0.05, 0) is 25.2 Å². The van der Waals surface area contributed by atoms with Crippen LogP contribution in [-0.4, -0.2) is 17.9 Å². The van der Waals surface area contributed by atoms with Crippen molar-refractivity contribution < 1.29 is 14.3 Å². The van der Waals surface area contributed by atoms with Crippen molar-refractivity contribution in [1.29, 1.82) is 0 Å². The predicted octanol–water partition coefficient (Wildman–Crippen LogP) is 1.31. The lowest BCUT2D eigenvalue weighted by atomic mass is 9.85. The second-order valence-electron chi connectivity index (χ2n) is 4.20. The second kappa shape index (κ2) is 3.13. The van der Waals surface area contributed by atoms with E-state index in [-0.39, 0.29) is 17.7 Å². The van der Waals surface area contributed by atoms with E-state index in [9.17, 15) is 9.59 Å². The minimum absolute atomic E-state index is 0.0218. The average Bonchev–Trinajstić information content (AvgIpc) is 2.27. The Kier molecular flexibility index (Phi) is 2.10. The first-order valence-electron chi connectivity index (χ1n) is 4.90. The third-order valence-electron chi connectivity index (χ3n) is 2.99. The standard InChI is InChI=1S/C10H14O3/c1-6-4-7-2-3-8(11)9(5-6)13-10(7)12/h6-7,9H,2-5H2,1H3/t6-,7-,9-/m0/s1. The Morgan fingerprint density at radius 2 is 2.08 bits per heavy atom. The lowest BCUT2D eigenvalue weighted by Gasteiger charge is -2.16. The van der Waals surface area contributed by atoms with E-state index in [0.29, 0.717) is 18.8 Å². The number of hydrogen-bond donors (Lipinski definition) is 0. The smallest absolute Gasteiger partial charge is 0.309 e. The number of ether oxygens (including phenoxy) is 1. The molecule has 2 saturated heterocycles. The van der Waals surface area contributed by atoms with Crippen LogP contribution in [0.2, 0.25) is 0 Å². The minimum atomic E-state index is -0.435. The van der Waals surface area contributed by atoms with Gasteiger partial charge in [-0.15, -0.1) is 0 Å². The highest BCUT2D eigenvalue weighted by Crippen LogP contribution is 2.32. The maximum absolute atomic E-state index is 11.4. The first kappa shape index (κ1) is 8.73. The summed E-state index contributed by atoms with van der Waals surface area (Å²) in [5.74, 6) is 0.375. The molecule has 2 aliphatic heterocycles. The fourth-order valence-electron chi connectivity index (χ4n) is 2.24. The summed E-state index contributed by atoms with van der Waals surface area (Å²) < 4.78 is 5.13. The maximum Gasteiger partial charge on any atom is 0.309 e. The van der Waals surface area contributed by atoms with Crippen molar-refractivity contribution in [2.45, 2.75) is 38.7 Å². The van der Waals surface area contributed by atoms with E-state index in [1.807, 2.05) is 0 Å².